The van der Waals surface area contributed by atoms with Crippen molar-refractivity contribution in [3.8, 4) is 11.8 Å². The Hall–Kier alpha value is -2.07. The van der Waals surface area contributed by atoms with Crippen LogP contribution in [-0.2, 0) is 14.6 Å². The number of carbonyl (C=O) groups excluding carboxylic acids is 1. The maximum absolute atomic E-state index is 11.8. The van der Waals surface area contributed by atoms with Crippen molar-refractivity contribution < 1.29 is 17.9 Å². The number of hydrogen-bond acceptors (Lipinski definition) is 5. The summed E-state index contributed by atoms with van der Waals surface area (Å²) in [4.78, 5) is 11.8. The zero-order valence-corrected chi connectivity index (χ0v) is 12.4. The molecule has 1 aliphatic rings. The van der Waals surface area contributed by atoms with Crippen molar-refractivity contribution in [2.75, 3.05) is 18.1 Å². The fourth-order valence-electron chi connectivity index (χ4n) is 2.26. The van der Waals surface area contributed by atoms with Crippen LogP contribution < -0.4 is 10.1 Å². The van der Waals surface area contributed by atoms with Gasteiger partial charge in [-0.05, 0) is 37.6 Å². The first kappa shape index (κ1) is 15.3. The first-order chi connectivity index (χ1) is 9.82. The number of nitriles is 1. The van der Waals surface area contributed by atoms with Gasteiger partial charge in [0.15, 0.2) is 16.4 Å². The van der Waals surface area contributed by atoms with Crippen LogP contribution in [0.15, 0.2) is 24.3 Å². The molecular formula is C14H16N2O4S. The summed E-state index contributed by atoms with van der Waals surface area (Å²) in [7, 11) is -3.06. The van der Waals surface area contributed by atoms with Crippen LogP contribution >= 0.6 is 0 Å². The number of ether oxygens (including phenoxy) is 1. The van der Waals surface area contributed by atoms with E-state index in [0.29, 0.717) is 17.7 Å². The molecule has 0 unspecified atom stereocenters. The van der Waals surface area contributed by atoms with Gasteiger partial charge in [0.05, 0.1) is 28.7 Å². The van der Waals surface area contributed by atoms with E-state index < -0.39 is 15.4 Å². The average Bonchev–Trinajstić information content (AvgIpc) is 2.70. The molecule has 0 spiro atoms. The Morgan fingerprint density at radius 3 is 2.62 bits per heavy atom. The molecule has 1 saturated heterocycles. The highest BCUT2D eigenvalue weighted by Gasteiger charge is 2.39. The molecule has 1 aromatic rings. The van der Waals surface area contributed by atoms with Crippen LogP contribution in [0.25, 0.3) is 0 Å². The normalized spacial score (nSPS) is 23.2. The number of carbonyl (C=O) groups is 1. The fraction of sp³-hybridized carbons (Fsp3) is 0.429. The molecule has 1 atom stereocenters. The second kappa shape index (κ2) is 5.74. The van der Waals surface area contributed by atoms with Crippen LogP contribution in [0.3, 0.4) is 0 Å². The molecule has 1 fully saturated rings. The van der Waals surface area contributed by atoms with Crippen molar-refractivity contribution >= 4 is 15.7 Å². The minimum Gasteiger partial charge on any atom is -0.484 e. The minimum absolute atomic E-state index is 0.0391. The van der Waals surface area contributed by atoms with E-state index in [1.165, 1.54) is 0 Å². The third-order valence-corrected chi connectivity index (χ3v) is 5.20. The molecule has 2 rings (SSSR count). The highest BCUT2D eigenvalue weighted by Crippen LogP contribution is 2.22. The van der Waals surface area contributed by atoms with Gasteiger partial charge in [-0.2, -0.15) is 5.26 Å². The summed E-state index contributed by atoms with van der Waals surface area (Å²) in [6, 6.07) is 8.39. The molecular weight excluding hydrogens is 292 g/mol. The summed E-state index contributed by atoms with van der Waals surface area (Å²) < 4.78 is 28.2. The zero-order chi connectivity index (χ0) is 15.5. The van der Waals surface area contributed by atoms with Crippen LogP contribution in [-0.4, -0.2) is 38.0 Å². The lowest BCUT2D eigenvalue weighted by Crippen LogP contribution is -2.48. The van der Waals surface area contributed by atoms with E-state index in [9.17, 15) is 13.2 Å². The maximum Gasteiger partial charge on any atom is 0.258 e. The molecule has 0 aliphatic carbocycles. The van der Waals surface area contributed by atoms with Crippen LogP contribution in [0, 0.1) is 11.3 Å². The van der Waals surface area contributed by atoms with Crippen molar-refractivity contribution in [3.63, 3.8) is 0 Å². The number of benzene rings is 1. The highest BCUT2D eigenvalue weighted by molar-refractivity contribution is 7.91. The molecule has 1 heterocycles. The quantitative estimate of drug-likeness (QED) is 0.880. The molecule has 1 amide bonds. The van der Waals surface area contributed by atoms with E-state index in [2.05, 4.69) is 5.32 Å². The van der Waals surface area contributed by atoms with Gasteiger partial charge in [0, 0.05) is 0 Å². The SMILES string of the molecule is C[C@@]1(NC(=O)COc2ccc(C#N)cc2)CCS(=O)(=O)C1. The number of nitrogens with one attached hydrogen (secondary N) is 1. The van der Waals surface area contributed by atoms with Gasteiger partial charge in [-0.3, -0.25) is 4.79 Å². The second-order valence-electron chi connectivity index (χ2n) is 5.38. The van der Waals surface area contributed by atoms with Crippen LogP contribution in [0.2, 0.25) is 0 Å². The van der Waals surface area contributed by atoms with E-state index in [-0.39, 0.29) is 24.0 Å². The largest absolute Gasteiger partial charge is 0.484 e. The summed E-state index contributed by atoms with van der Waals surface area (Å²) in [5.74, 6) is 0.176. The van der Waals surface area contributed by atoms with Gasteiger partial charge < -0.3 is 10.1 Å². The number of sulfone groups is 1. The lowest BCUT2D eigenvalue weighted by molar-refractivity contribution is -0.124. The van der Waals surface area contributed by atoms with Gasteiger partial charge in [-0.25, -0.2) is 8.42 Å². The fourth-order valence-corrected chi connectivity index (χ4v) is 4.35. The van der Waals surface area contributed by atoms with Gasteiger partial charge in [0.1, 0.15) is 5.75 Å². The smallest absolute Gasteiger partial charge is 0.258 e. The summed E-state index contributed by atoms with van der Waals surface area (Å²) >= 11 is 0. The number of amides is 1. The number of hydrogen-bond donors (Lipinski definition) is 1. The first-order valence-corrected chi connectivity index (χ1v) is 8.28. The number of rotatable bonds is 4. The van der Waals surface area contributed by atoms with Gasteiger partial charge >= 0.3 is 0 Å². The summed E-state index contributed by atoms with van der Waals surface area (Å²) in [5, 5.41) is 11.4. The van der Waals surface area contributed by atoms with E-state index in [0.717, 1.165) is 0 Å². The second-order valence-corrected chi connectivity index (χ2v) is 7.56. The molecule has 1 N–H and O–H groups in total. The standard InChI is InChI=1S/C14H16N2O4S/c1-14(6-7-21(18,19)10-14)16-13(17)9-20-12-4-2-11(8-15)3-5-12/h2-5H,6-7,9-10H2,1H3,(H,16,17)/t14-/m1/s1. The molecule has 0 aromatic heterocycles. The molecule has 112 valence electrons. The minimum atomic E-state index is -3.06. The van der Waals surface area contributed by atoms with Crippen molar-refractivity contribution in [3.05, 3.63) is 29.8 Å². The Morgan fingerprint density at radius 1 is 1.43 bits per heavy atom. The highest BCUT2D eigenvalue weighted by atomic mass is 32.2. The maximum atomic E-state index is 11.8. The first-order valence-electron chi connectivity index (χ1n) is 6.46. The summed E-state index contributed by atoms with van der Waals surface area (Å²) in [6.07, 6.45) is 0.415. The van der Waals surface area contributed by atoms with Crippen molar-refractivity contribution in [1.29, 1.82) is 5.26 Å². The predicted molar refractivity (Wildman–Crippen MR) is 76.5 cm³/mol. The van der Waals surface area contributed by atoms with E-state index in [1.54, 1.807) is 31.2 Å². The molecule has 6 nitrogen and oxygen atoms in total. The lowest BCUT2D eigenvalue weighted by atomic mass is 10.0. The topological polar surface area (TPSA) is 96.3 Å². The Morgan fingerprint density at radius 2 is 2.10 bits per heavy atom. The number of nitrogens with zero attached hydrogens (tertiary/aromatic N) is 1. The van der Waals surface area contributed by atoms with Crippen LogP contribution in [0.5, 0.6) is 5.75 Å². The molecule has 1 aliphatic heterocycles. The molecule has 0 saturated carbocycles. The van der Waals surface area contributed by atoms with Gasteiger partial charge in [0.25, 0.3) is 5.91 Å². The third-order valence-electron chi connectivity index (χ3n) is 3.30. The lowest BCUT2D eigenvalue weighted by Gasteiger charge is -2.23. The van der Waals surface area contributed by atoms with Crippen molar-refractivity contribution in [1.82, 2.24) is 5.32 Å². The van der Waals surface area contributed by atoms with Crippen molar-refractivity contribution in [2.24, 2.45) is 0 Å². The summed E-state index contributed by atoms with van der Waals surface area (Å²) in [6.45, 7) is 1.53. The monoisotopic (exact) mass is 308 g/mol. The Kier molecular flexibility index (Phi) is 4.19. The van der Waals surface area contributed by atoms with E-state index in [1.807, 2.05) is 6.07 Å². The Labute approximate surface area is 123 Å². The predicted octanol–water partition coefficient (Wildman–Crippen LogP) is 0.630. The van der Waals surface area contributed by atoms with Crippen LogP contribution in [0.1, 0.15) is 18.9 Å². The molecule has 0 bridgehead atoms. The molecule has 1 aromatic carbocycles. The van der Waals surface area contributed by atoms with Crippen LogP contribution in [0.4, 0.5) is 0 Å². The van der Waals surface area contributed by atoms with Crippen molar-refractivity contribution in [2.45, 2.75) is 18.9 Å². The Bertz CT molecular complexity index is 676. The van der Waals surface area contributed by atoms with Gasteiger partial charge in [-0.15, -0.1) is 0 Å². The summed E-state index contributed by atoms with van der Waals surface area (Å²) in [5.41, 5.74) is -0.209. The zero-order valence-electron chi connectivity index (χ0n) is 11.6. The third kappa shape index (κ3) is 4.20. The molecule has 7 heteroatoms. The molecule has 0 radical (unpaired) electrons. The van der Waals surface area contributed by atoms with E-state index >= 15 is 0 Å². The van der Waals surface area contributed by atoms with Gasteiger partial charge in [-0.1, -0.05) is 0 Å². The average molecular weight is 308 g/mol. The Balaban J connectivity index is 1.86. The molecule has 21 heavy (non-hydrogen) atoms. The van der Waals surface area contributed by atoms with Gasteiger partial charge in [0.2, 0.25) is 0 Å². The van der Waals surface area contributed by atoms with E-state index in [4.69, 9.17) is 10.00 Å².